The second-order valence-corrected chi connectivity index (χ2v) is 3.29. The highest BCUT2D eigenvalue weighted by Gasteiger charge is 2.06. The molecule has 2 N–H and O–H groups in total. The van der Waals surface area contributed by atoms with Gasteiger partial charge in [0, 0.05) is 13.7 Å². The van der Waals surface area contributed by atoms with Gasteiger partial charge in [-0.2, -0.15) is 5.26 Å². The zero-order valence-electron chi connectivity index (χ0n) is 8.90. The molecule has 0 heterocycles. The second-order valence-electron chi connectivity index (χ2n) is 3.29. The highest BCUT2D eigenvalue weighted by Crippen LogP contribution is 2.15. The van der Waals surface area contributed by atoms with Gasteiger partial charge in [0.25, 0.3) is 0 Å². The molecule has 0 saturated heterocycles. The fraction of sp³-hybridized carbons (Fsp3) is 0.364. The van der Waals surface area contributed by atoms with Crippen LogP contribution in [0.3, 0.4) is 0 Å². The molecule has 1 unspecified atom stereocenters. The lowest BCUT2D eigenvalue weighted by Crippen LogP contribution is -2.24. The summed E-state index contributed by atoms with van der Waals surface area (Å²) in [6, 6.07) is 5.74. The first-order chi connectivity index (χ1) is 7.67. The number of ether oxygens (including phenoxy) is 1. The Labute approximate surface area is 93.3 Å². The second kappa shape index (κ2) is 6.05. The van der Waals surface area contributed by atoms with E-state index in [2.05, 4.69) is 5.32 Å². The topological polar surface area (TPSA) is 65.3 Å². The van der Waals surface area contributed by atoms with Crippen LogP contribution in [0.4, 0.5) is 10.1 Å². The molecule has 0 radical (unpaired) electrons. The van der Waals surface area contributed by atoms with E-state index in [1.54, 1.807) is 0 Å². The highest BCUT2D eigenvalue weighted by atomic mass is 19.1. The molecule has 0 bridgehead atoms. The fourth-order valence-electron chi connectivity index (χ4n) is 1.24. The van der Waals surface area contributed by atoms with Crippen molar-refractivity contribution in [1.29, 1.82) is 5.26 Å². The lowest BCUT2D eigenvalue weighted by atomic mass is 10.2. The molecular formula is C11H13FN2O2. The summed E-state index contributed by atoms with van der Waals surface area (Å²) in [6.45, 7) is 0.449. The number of nitrogens with one attached hydrogen (secondary N) is 1. The third kappa shape index (κ3) is 3.50. The number of methoxy groups -OCH3 is 1. The molecule has 5 heteroatoms. The van der Waals surface area contributed by atoms with Crippen molar-refractivity contribution in [3.8, 4) is 6.07 Å². The number of nitrogens with zero attached hydrogens (tertiary/aromatic N) is 1. The molecule has 0 aliphatic carbocycles. The molecule has 4 nitrogen and oxygen atoms in total. The summed E-state index contributed by atoms with van der Waals surface area (Å²) in [4.78, 5) is 0. The lowest BCUT2D eigenvalue weighted by molar-refractivity contribution is 0.0727. The summed E-state index contributed by atoms with van der Waals surface area (Å²) >= 11 is 0. The van der Waals surface area contributed by atoms with E-state index >= 15 is 0 Å². The molecule has 0 saturated carbocycles. The molecule has 1 atom stereocenters. The van der Waals surface area contributed by atoms with Crippen LogP contribution in [0.25, 0.3) is 0 Å². The van der Waals surface area contributed by atoms with Crippen LogP contribution >= 0.6 is 0 Å². The van der Waals surface area contributed by atoms with Crippen LogP contribution in [0.15, 0.2) is 18.2 Å². The monoisotopic (exact) mass is 224 g/mol. The minimum Gasteiger partial charge on any atom is -0.389 e. The van der Waals surface area contributed by atoms with Crippen molar-refractivity contribution in [2.24, 2.45) is 0 Å². The number of hydrogen-bond acceptors (Lipinski definition) is 4. The Hall–Kier alpha value is -1.64. The molecule has 0 spiro atoms. The maximum absolute atomic E-state index is 12.8. The van der Waals surface area contributed by atoms with Crippen molar-refractivity contribution < 1.29 is 14.2 Å². The summed E-state index contributed by atoms with van der Waals surface area (Å²) in [5.41, 5.74) is 0.712. The van der Waals surface area contributed by atoms with Gasteiger partial charge in [0.05, 0.1) is 24.0 Å². The van der Waals surface area contributed by atoms with Crippen LogP contribution in [-0.2, 0) is 4.74 Å². The first-order valence-electron chi connectivity index (χ1n) is 4.78. The van der Waals surface area contributed by atoms with E-state index < -0.39 is 11.9 Å². The Bertz CT molecular complexity index is 390. The first-order valence-corrected chi connectivity index (χ1v) is 4.78. The van der Waals surface area contributed by atoms with Gasteiger partial charge in [-0.3, -0.25) is 0 Å². The zero-order valence-corrected chi connectivity index (χ0v) is 8.90. The number of benzene rings is 1. The van der Waals surface area contributed by atoms with E-state index in [1.165, 1.54) is 19.2 Å². The van der Waals surface area contributed by atoms with Gasteiger partial charge >= 0.3 is 0 Å². The number of aliphatic hydroxyl groups is 1. The van der Waals surface area contributed by atoms with E-state index in [4.69, 9.17) is 10.00 Å². The largest absolute Gasteiger partial charge is 0.389 e. The minimum absolute atomic E-state index is 0.204. The average molecular weight is 224 g/mol. The molecule has 86 valence electrons. The van der Waals surface area contributed by atoms with Crippen molar-refractivity contribution >= 4 is 5.69 Å². The summed E-state index contributed by atoms with van der Waals surface area (Å²) < 4.78 is 17.6. The third-order valence-corrected chi connectivity index (χ3v) is 1.99. The zero-order chi connectivity index (χ0) is 12.0. The molecule has 1 rings (SSSR count). The van der Waals surface area contributed by atoms with Crippen LogP contribution < -0.4 is 5.32 Å². The van der Waals surface area contributed by atoms with Crippen LogP contribution in [0, 0.1) is 17.1 Å². The van der Waals surface area contributed by atoms with Crippen molar-refractivity contribution in [3.05, 3.63) is 29.6 Å². The number of rotatable bonds is 5. The molecule has 0 aliphatic heterocycles. The summed E-state index contributed by atoms with van der Waals surface area (Å²) in [7, 11) is 1.49. The first kappa shape index (κ1) is 12.4. The predicted molar refractivity (Wildman–Crippen MR) is 57.5 cm³/mol. The summed E-state index contributed by atoms with van der Waals surface area (Å²) in [5, 5.41) is 21.0. The summed E-state index contributed by atoms with van der Waals surface area (Å²) in [5.74, 6) is -0.459. The average Bonchev–Trinajstić information content (AvgIpc) is 2.27. The van der Waals surface area contributed by atoms with Crippen LogP contribution in [0.5, 0.6) is 0 Å². The molecule has 0 fully saturated rings. The quantitative estimate of drug-likeness (QED) is 0.786. The normalized spacial score (nSPS) is 11.9. The van der Waals surface area contributed by atoms with E-state index in [0.717, 1.165) is 6.07 Å². The number of nitriles is 1. The van der Waals surface area contributed by atoms with Crippen molar-refractivity contribution in [1.82, 2.24) is 0 Å². The Morgan fingerprint density at radius 3 is 3.00 bits per heavy atom. The van der Waals surface area contributed by atoms with Gasteiger partial charge in [-0.05, 0) is 18.2 Å². The Morgan fingerprint density at radius 2 is 2.38 bits per heavy atom. The van der Waals surface area contributed by atoms with Gasteiger partial charge in [0.1, 0.15) is 11.9 Å². The Kier molecular flexibility index (Phi) is 4.70. The summed E-state index contributed by atoms with van der Waals surface area (Å²) in [6.07, 6.45) is -0.665. The number of halogens is 1. The van der Waals surface area contributed by atoms with E-state index in [9.17, 15) is 9.50 Å². The van der Waals surface area contributed by atoms with Gasteiger partial charge in [-0.25, -0.2) is 4.39 Å². The van der Waals surface area contributed by atoms with Gasteiger partial charge in [0.15, 0.2) is 0 Å². The third-order valence-electron chi connectivity index (χ3n) is 1.99. The van der Waals surface area contributed by atoms with Gasteiger partial charge in [-0.15, -0.1) is 0 Å². The lowest BCUT2D eigenvalue weighted by Gasteiger charge is -2.12. The van der Waals surface area contributed by atoms with Crippen molar-refractivity contribution in [2.75, 3.05) is 25.6 Å². The van der Waals surface area contributed by atoms with E-state index in [0.29, 0.717) is 5.69 Å². The molecule has 0 aliphatic rings. The van der Waals surface area contributed by atoms with Crippen LogP contribution in [0.2, 0.25) is 0 Å². The van der Waals surface area contributed by atoms with Crippen molar-refractivity contribution in [3.63, 3.8) is 0 Å². The molecular weight excluding hydrogens is 211 g/mol. The maximum Gasteiger partial charge on any atom is 0.124 e. The number of hydrogen-bond donors (Lipinski definition) is 2. The van der Waals surface area contributed by atoms with Gasteiger partial charge < -0.3 is 15.2 Å². The minimum atomic E-state index is -0.665. The van der Waals surface area contributed by atoms with Crippen LogP contribution in [0.1, 0.15) is 5.56 Å². The Morgan fingerprint density at radius 1 is 1.62 bits per heavy atom. The fourth-order valence-corrected chi connectivity index (χ4v) is 1.24. The van der Waals surface area contributed by atoms with Crippen molar-refractivity contribution in [2.45, 2.75) is 6.10 Å². The predicted octanol–water partition coefficient (Wildman–Crippen LogP) is 1.12. The molecule has 0 aromatic heterocycles. The van der Waals surface area contributed by atoms with E-state index in [1.807, 2.05) is 6.07 Å². The Balaban J connectivity index is 2.64. The molecule has 16 heavy (non-hydrogen) atoms. The molecule has 1 aromatic rings. The smallest absolute Gasteiger partial charge is 0.124 e. The van der Waals surface area contributed by atoms with E-state index in [-0.39, 0.29) is 18.7 Å². The SMILES string of the molecule is COCC(O)CNc1ccc(F)cc1C#N. The van der Waals surface area contributed by atoms with Gasteiger partial charge in [0.2, 0.25) is 0 Å². The van der Waals surface area contributed by atoms with Gasteiger partial charge in [-0.1, -0.05) is 0 Å². The van der Waals surface area contributed by atoms with Crippen LogP contribution in [-0.4, -0.2) is 31.5 Å². The highest BCUT2D eigenvalue weighted by molar-refractivity contribution is 5.57. The number of anilines is 1. The number of aliphatic hydroxyl groups excluding tert-OH is 1. The standard InChI is InChI=1S/C11H13FN2O2/c1-16-7-10(15)6-14-11-3-2-9(12)4-8(11)5-13/h2-4,10,14-15H,6-7H2,1H3. The molecule has 1 aromatic carbocycles. The molecule has 0 amide bonds. The maximum atomic E-state index is 12.8.